The molecule has 1 N–H and O–H groups in total. The third-order valence-corrected chi connectivity index (χ3v) is 6.49. The van der Waals surface area contributed by atoms with Crippen molar-refractivity contribution in [1.82, 2.24) is 0 Å². The van der Waals surface area contributed by atoms with E-state index >= 15 is 0 Å². The first-order valence-corrected chi connectivity index (χ1v) is 10.6. The van der Waals surface area contributed by atoms with E-state index < -0.39 is 29.8 Å². The Kier molecular flexibility index (Phi) is 7.11. The molecule has 6 nitrogen and oxygen atoms in total. The van der Waals surface area contributed by atoms with Gasteiger partial charge in [-0.25, -0.2) is 9.18 Å². The van der Waals surface area contributed by atoms with E-state index in [0.29, 0.717) is 47.7 Å². The second-order valence-corrected chi connectivity index (χ2v) is 8.52. The van der Waals surface area contributed by atoms with Crippen molar-refractivity contribution in [3.63, 3.8) is 0 Å². The highest BCUT2D eigenvalue weighted by Crippen LogP contribution is 2.46. The first-order valence-electron chi connectivity index (χ1n) is 10.2. The Morgan fingerprint density at radius 3 is 2.74 bits per heavy atom. The average Bonchev–Trinajstić information content (AvgIpc) is 3.07. The second-order valence-electron chi connectivity index (χ2n) is 8.11. The molecule has 1 aliphatic heterocycles. The summed E-state index contributed by atoms with van der Waals surface area (Å²) in [6.45, 7) is 3.29. The van der Waals surface area contributed by atoms with Crippen LogP contribution in [-0.4, -0.2) is 28.9 Å². The number of nitrogens with zero attached hydrogens (tertiary/aromatic N) is 2. The highest BCUT2D eigenvalue weighted by atomic mass is 35.5. The number of carboxylic acid groups (broad SMARTS) is 1. The van der Waals surface area contributed by atoms with Gasteiger partial charge >= 0.3 is 11.9 Å². The lowest BCUT2D eigenvalue weighted by atomic mass is 9.86. The number of allylic oxidation sites excluding steroid dienone is 1. The molecule has 0 bridgehead atoms. The van der Waals surface area contributed by atoms with Gasteiger partial charge in [-0.1, -0.05) is 17.7 Å². The zero-order chi connectivity index (χ0) is 22.7. The highest BCUT2D eigenvalue weighted by molar-refractivity contribution is 6.31. The fourth-order valence-corrected chi connectivity index (χ4v) is 4.89. The van der Waals surface area contributed by atoms with Crippen molar-refractivity contribution in [2.75, 3.05) is 0 Å². The van der Waals surface area contributed by atoms with Crippen molar-refractivity contribution in [1.29, 1.82) is 5.26 Å². The minimum atomic E-state index is -1.04. The fourth-order valence-electron chi connectivity index (χ4n) is 4.59. The molecule has 8 heteroatoms. The van der Waals surface area contributed by atoms with Crippen LogP contribution in [0.1, 0.15) is 57.4 Å². The van der Waals surface area contributed by atoms with Gasteiger partial charge in [0, 0.05) is 28.4 Å². The summed E-state index contributed by atoms with van der Waals surface area (Å²) in [4.78, 5) is 28.5. The second kappa shape index (κ2) is 9.61. The number of carbonyl (C=O) groups excluding carboxylic acids is 1. The van der Waals surface area contributed by atoms with Crippen molar-refractivity contribution in [3.8, 4) is 6.07 Å². The zero-order valence-corrected chi connectivity index (χ0v) is 18.2. The van der Waals surface area contributed by atoms with E-state index in [-0.39, 0.29) is 23.8 Å². The molecule has 0 amide bonds. The maximum absolute atomic E-state index is 14.5. The Labute approximate surface area is 185 Å². The molecule has 1 aliphatic carbocycles. The summed E-state index contributed by atoms with van der Waals surface area (Å²) in [6, 6.07) is 6.64. The van der Waals surface area contributed by atoms with Gasteiger partial charge in [0.2, 0.25) is 0 Å². The van der Waals surface area contributed by atoms with Gasteiger partial charge < -0.3 is 9.84 Å². The van der Waals surface area contributed by atoms with Crippen LogP contribution >= 0.6 is 11.6 Å². The summed E-state index contributed by atoms with van der Waals surface area (Å²) in [5.74, 6) is -3.22. The number of nitriles is 1. The van der Waals surface area contributed by atoms with Crippen LogP contribution in [0, 0.1) is 29.0 Å². The topological polar surface area (TPSA) is 99.8 Å². The van der Waals surface area contributed by atoms with Crippen LogP contribution in [0.4, 0.5) is 4.39 Å². The number of esters is 1. The number of benzene rings is 1. The molecule has 31 heavy (non-hydrogen) atoms. The molecule has 1 fully saturated rings. The zero-order valence-electron chi connectivity index (χ0n) is 17.4. The molecule has 164 valence electrons. The molecule has 0 aromatic heterocycles. The molecule has 1 aromatic rings. The molecule has 0 radical (unpaired) electrons. The van der Waals surface area contributed by atoms with Gasteiger partial charge in [0.1, 0.15) is 11.9 Å². The molecule has 3 rings (SSSR count). The number of ether oxygens (including phenoxy) is 1. The van der Waals surface area contributed by atoms with E-state index in [4.69, 9.17) is 21.6 Å². The summed E-state index contributed by atoms with van der Waals surface area (Å²) in [7, 11) is 0. The molecule has 2 aliphatic rings. The maximum Gasteiger partial charge on any atom is 0.336 e. The number of hydrogen-bond acceptors (Lipinski definition) is 5. The fraction of sp³-hybridized carbons (Fsp3) is 0.478. The molecule has 4 atom stereocenters. The third kappa shape index (κ3) is 4.96. The number of carboxylic acids is 1. The normalized spacial score (nSPS) is 25.7. The number of carbonyl (C=O) groups is 2. The lowest BCUT2D eigenvalue weighted by Crippen LogP contribution is -2.29. The lowest BCUT2D eigenvalue weighted by molar-refractivity contribution is -0.144. The van der Waals surface area contributed by atoms with Crippen molar-refractivity contribution >= 4 is 29.3 Å². The van der Waals surface area contributed by atoms with Gasteiger partial charge in [0.05, 0.1) is 17.6 Å². The molecule has 4 unspecified atom stereocenters. The predicted molar refractivity (Wildman–Crippen MR) is 113 cm³/mol. The third-order valence-electron chi connectivity index (χ3n) is 6.16. The van der Waals surface area contributed by atoms with E-state index in [1.54, 1.807) is 19.9 Å². The van der Waals surface area contributed by atoms with Gasteiger partial charge in [-0.15, -0.1) is 0 Å². The van der Waals surface area contributed by atoms with E-state index in [9.17, 15) is 19.1 Å². The Morgan fingerprint density at radius 2 is 2.10 bits per heavy atom. The predicted octanol–water partition coefficient (Wildman–Crippen LogP) is 5.03. The van der Waals surface area contributed by atoms with E-state index in [2.05, 4.69) is 11.1 Å². The van der Waals surface area contributed by atoms with Crippen LogP contribution in [-0.2, 0) is 14.3 Å². The average molecular weight is 447 g/mol. The van der Waals surface area contributed by atoms with Gasteiger partial charge in [-0.05, 0) is 63.5 Å². The summed E-state index contributed by atoms with van der Waals surface area (Å²) in [6.07, 6.45) is 1.28. The molecular weight excluding hydrogens is 423 g/mol. The van der Waals surface area contributed by atoms with Crippen molar-refractivity contribution in [2.45, 2.75) is 58.0 Å². The number of aliphatic imine (C=N–C) groups is 1. The van der Waals surface area contributed by atoms with E-state index in [1.807, 2.05) is 0 Å². The quantitative estimate of drug-likeness (QED) is 0.618. The minimum absolute atomic E-state index is 0.0302. The number of rotatable bonds is 6. The Bertz CT molecular complexity index is 978. The number of hydrogen-bond donors (Lipinski definition) is 1. The smallest absolute Gasteiger partial charge is 0.336 e. The monoisotopic (exact) mass is 446 g/mol. The summed E-state index contributed by atoms with van der Waals surface area (Å²) in [5.41, 5.74) is 1.55. The van der Waals surface area contributed by atoms with Crippen molar-refractivity contribution in [3.05, 3.63) is 45.9 Å². The Hall–Kier alpha value is -2.72. The molecule has 0 spiro atoms. The van der Waals surface area contributed by atoms with Gasteiger partial charge in [0.25, 0.3) is 0 Å². The molecule has 1 saturated carbocycles. The highest BCUT2D eigenvalue weighted by Gasteiger charge is 2.40. The van der Waals surface area contributed by atoms with Crippen LogP contribution < -0.4 is 0 Å². The van der Waals surface area contributed by atoms with Crippen LogP contribution in [0.3, 0.4) is 0 Å². The lowest BCUT2D eigenvalue weighted by Gasteiger charge is -2.22. The minimum Gasteiger partial charge on any atom is -0.481 e. The summed E-state index contributed by atoms with van der Waals surface area (Å²) < 4.78 is 20.3. The molecule has 1 aromatic carbocycles. The van der Waals surface area contributed by atoms with Gasteiger partial charge in [-0.3, -0.25) is 9.79 Å². The maximum atomic E-state index is 14.5. The van der Waals surface area contributed by atoms with Gasteiger partial charge in [0.15, 0.2) is 0 Å². The van der Waals surface area contributed by atoms with Crippen LogP contribution in [0.25, 0.3) is 0 Å². The van der Waals surface area contributed by atoms with E-state index in [1.165, 1.54) is 12.1 Å². The van der Waals surface area contributed by atoms with Crippen LogP contribution in [0.2, 0.25) is 5.02 Å². The van der Waals surface area contributed by atoms with Gasteiger partial charge in [-0.2, -0.15) is 5.26 Å². The standard InChI is InChI=1S/C23H24ClFN2O4/c1-12-16(22(28)29)11-17(13(2)27-12)23(30)31-15-9-14(5-4-8-26)18(10-15)21-19(24)6-3-7-20(21)25/h3,6-7,14-16,18H,4-5,9-11H2,1-2H3,(H,28,29). The summed E-state index contributed by atoms with van der Waals surface area (Å²) >= 11 is 6.27. The van der Waals surface area contributed by atoms with Crippen LogP contribution in [0.5, 0.6) is 0 Å². The van der Waals surface area contributed by atoms with Crippen molar-refractivity contribution in [2.24, 2.45) is 16.8 Å². The number of aliphatic carboxylic acids is 1. The van der Waals surface area contributed by atoms with Crippen molar-refractivity contribution < 1.29 is 23.8 Å². The Balaban J connectivity index is 1.79. The number of halogens is 2. The summed E-state index contributed by atoms with van der Waals surface area (Å²) in [5, 5.41) is 18.7. The first-order chi connectivity index (χ1) is 14.7. The van der Waals surface area contributed by atoms with Crippen LogP contribution in [0.15, 0.2) is 34.5 Å². The Morgan fingerprint density at radius 1 is 1.35 bits per heavy atom. The SMILES string of the molecule is CC1=NC(C)=C(C(=O)OC2CC(CCC#N)C(c3c(F)cccc3Cl)C2)CC1C(=O)O. The molecular formula is C23H24ClFN2O4. The molecule has 1 heterocycles. The first kappa shape index (κ1) is 23.0. The molecule has 0 saturated heterocycles. The van der Waals surface area contributed by atoms with E-state index in [0.717, 1.165) is 0 Å². The largest absolute Gasteiger partial charge is 0.481 e.